The lowest BCUT2D eigenvalue weighted by molar-refractivity contribution is 0.126. The van der Waals surface area contributed by atoms with Crippen molar-refractivity contribution in [1.82, 2.24) is 0 Å². The standard InChI is InChI=1S/C18H30O/c1-2-3-4-5-6-11-16-19-17-12-10-15-18-13-8-7-9-14-18/h7-9,13-14H,2-6,10-12,15-17H2,1H3. The van der Waals surface area contributed by atoms with Crippen LogP contribution in [0.15, 0.2) is 30.3 Å². The van der Waals surface area contributed by atoms with Crippen molar-refractivity contribution < 1.29 is 4.74 Å². The molecule has 0 unspecified atom stereocenters. The maximum Gasteiger partial charge on any atom is 0.0466 e. The van der Waals surface area contributed by atoms with Crippen molar-refractivity contribution in [3.8, 4) is 0 Å². The summed E-state index contributed by atoms with van der Waals surface area (Å²) in [6, 6.07) is 10.7. The normalized spacial score (nSPS) is 10.8. The van der Waals surface area contributed by atoms with Gasteiger partial charge in [-0.3, -0.25) is 0 Å². The molecule has 0 aromatic heterocycles. The van der Waals surface area contributed by atoms with Gasteiger partial charge in [0.2, 0.25) is 0 Å². The average Bonchev–Trinajstić information content (AvgIpc) is 2.46. The third kappa shape index (κ3) is 9.72. The quantitative estimate of drug-likeness (QED) is 0.459. The van der Waals surface area contributed by atoms with E-state index in [-0.39, 0.29) is 0 Å². The zero-order valence-electron chi connectivity index (χ0n) is 12.6. The van der Waals surface area contributed by atoms with Gasteiger partial charge in [0, 0.05) is 13.2 Å². The van der Waals surface area contributed by atoms with Gasteiger partial charge in [0.05, 0.1) is 0 Å². The summed E-state index contributed by atoms with van der Waals surface area (Å²) in [6.45, 7) is 4.15. The fourth-order valence-corrected chi connectivity index (χ4v) is 2.26. The summed E-state index contributed by atoms with van der Waals surface area (Å²) in [7, 11) is 0. The molecule has 0 radical (unpaired) electrons. The maximum absolute atomic E-state index is 5.68. The highest BCUT2D eigenvalue weighted by molar-refractivity contribution is 5.14. The molecule has 0 saturated heterocycles. The van der Waals surface area contributed by atoms with Crippen LogP contribution in [0.1, 0.15) is 63.9 Å². The van der Waals surface area contributed by atoms with Crippen LogP contribution in [0.3, 0.4) is 0 Å². The minimum atomic E-state index is 0.932. The lowest BCUT2D eigenvalue weighted by Crippen LogP contribution is -1.98. The molecule has 0 fully saturated rings. The van der Waals surface area contributed by atoms with E-state index in [1.54, 1.807) is 0 Å². The minimum Gasteiger partial charge on any atom is -0.381 e. The highest BCUT2D eigenvalue weighted by Gasteiger charge is 1.94. The van der Waals surface area contributed by atoms with Crippen molar-refractivity contribution in [2.75, 3.05) is 13.2 Å². The van der Waals surface area contributed by atoms with Gasteiger partial charge in [-0.15, -0.1) is 0 Å². The SMILES string of the molecule is CCCCCCCCOCCCCc1ccccc1. The van der Waals surface area contributed by atoms with Gasteiger partial charge < -0.3 is 4.74 Å². The Kier molecular flexibility index (Phi) is 10.4. The van der Waals surface area contributed by atoms with Crippen LogP contribution in [0.5, 0.6) is 0 Å². The lowest BCUT2D eigenvalue weighted by Gasteiger charge is -2.04. The van der Waals surface area contributed by atoms with E-state index < -0.39 is 0 Å². The Bertz CT molecular complexity index is 281. The Hall–Kier alpha value is -0.820. The van der Waals surface area contributed by atoms with Crippen molar-refractivity contribution >= 4 is 0 Å². The number of hydrogen-bond acceptors (Lipinski definition) is 1. The average molecular weight is 262 g/mol. The molecular formula is C18H30O. The lowest BCUT2D eigenvalue weighted by atomic mass is 10.1. The molecule has 0 saturated carbocycles. The van der Waals surface area contributed by atoms with Crippen LogP contribution in [0.4, 0.5) is 0 Å². The summed E-state index contributed by atoms with van der Waals surface area (Å²) in [5.41, 5.74) is 1.44. The maximum atomic E-state index is 5.68. The molecule has 0 aliphatic carbocycles. The summed E-state index contributed by atoms with van der Waals surface area (Å²) in [5.74, 6) is 0. The molecule has 0 bridgehead atoms. The Morgan fingerprint density at radius 3 is 2.11 bits per heavy atom. The molecule has 0 spiro atoms. The monoisotopic (exact) mass is 262 g/mol. The van der Waals surface area contributed by atoms with Crippen LogP contribution < -0.4 is 0 Å². The van der Waals surface area contributed by atoms with E-state index in [2.05, 4.69) is 37.3 Å². The number of benzene rings is 1. The number of ether oxygens (including phenoxy) is 1. The largest absolute Gasteiger partial charge is 0.381 e. The molecule has 0 aliphatic rings. The molecule has 1 heteroatoms. The van der Waals surface area contributed by atoms with Crippen LogP contribution >= 0.6 is 0 Å². The summed E-state index contributed by atoms with van der Waals surface area (Å²) in [4.78, 5) is 0. The highest BCUT2D eigenvalue weighted by atomic mass is 16.5. The van der Waals surface area contributed by atoms with Crippen LogP contribution in [-0.4, -0.2) is 13.2 Å². The second kappa shape index (κ2) is 12.2. The second-order valence-corrected chi connectivity index (χ2v) is 5.32. The van der Waals surface area contributed by atoms with E-state index in [1.165, 1.54) is 63.4 Å². The molecule has 0 aliphatic heterocycles. The Labute approximate surface area is 119 Å². The molecule has 1 nitrogen and oxygen atoms in total. The van der Waals surface area contributed by atoms with Crippen LogP contribution in [0.25, 0.3) is 0 Å². The second-order valence-electron chi connectivity index (χ2n) is 5.32. The van der Waals surface area contributed by atoms with E-state index in [0.717, 1.165) is 13.2 Å². The molecular weight excluding hydrogens is 232 g/mol. The molecule has 108 valence electrons. The van der Waals surface area contributed by atoms with Gasteiger partial charge in [-0.1, -0.05) is 69.4 Å². The number of hydrogen-bond donors (Lipinski definition) is 0. The predicted molar refractivity (Wildman–Crippen MR) is 83.6 cm³/mol. The topological polar surface area (TPSA) is 9.23 Å². The van der Waals surface area contributed by atoms with Gasteiger partial charge >= 0.3 is 0 Å². The van der Waals surface area contributed by atoms with E-state index in [4.69, 9.17) is 4.74 Å². The van der Waals surface area contributed by atoms with Crippen molar-refractivity contribution in [2.24, 2.45) is 0 Å². The molecule has 0 heterocycles. The smallest absolute Gasteiger partial charge is 0.0466 e. The minimum absolute atomic E-state index is 0.932. The van der Waals surface area contributed by atoms with E-state index in [9.17, 15) is 0 Å². The van der Waals surface area contributed by atoms with Crippen molar-refractivity contribution in [3.05, 3.63) is 35.9 Å². The van der Waals surface area contributed by atoms with E-state index >= 15 is 0 Å². The fraction of sp³-hybridized carbons (Fsp3) is 0.667. The van der Waals surface area contributed by atoms with E-state index in [0.29, 0.717) is 0 Å². The van der Waals surface area contributed by atoms with Gasteiger partial charge in [0.15, 0.2) is 0 Å². The summed E-state index contributed by atoms with van der Waals surface area (Å²) in [5, 5.41) is 0. The van der Waals surface area contributed by atoms with Crippen molar-refractivity contribution in [3.63, 3.8) is 0 Å². The first-order chi connectivity index (χ1) is 9.43. The first-order valence-electron chi connectivity index (χ1n) is 8.05. The zero-order valence-corrected chi connectivity index (χ0v) is 12.6. The van der Waals surface area contributed by atoms with Gasteiger partial charge in [0.1, 0.15) is 0 Å². The number of rotatable bonds is 12. The molecule has 19 heavy (non-hydrogen) atoms. The summed E-state index contributed by atoms with van der Waals surface area (Å²) >= 11 is 0. The first-order valence-corrected chi connectivity index (χ1v) is 8.05. The van der Waals surface area contributed by atoms with Crippen molar-refractivity contribution in [1.29, 1.82) is 0 Å². The Morgan fingerprint density at radius 1 is 0.737 bits per heavy atom. The van der Waals surface area contributed by atoms with Gasteiger partial charge in [-0.2, -0.15) is 0 Å². The summed E-state index contributed by atoms with van der Waals surface area (Å²) in [6.07, 6.45) is 11.7. The zero-order chi connectivity index (χ0) is 13.6. The van der Waals surface area contributed by atoms with Crippen LogP contribution in [0, 0.1) is 0 Å². The molecule has 0 atom stereocenters. The Balaban J connectivity index is 1.79. The number of unbranched alkanes of at least 4 members (excludes halogenated alkanes) is 6. The highest BCUT2D eigenvalue weighted by Crippen LogP contribution is 2.06. The predicted octanol–water partition coefficient (Wildman–Crippen LogP) is 5.39. The number of aryl methyl sites for hydroxylation is 1. The first kappa shape index (κ1) is 16.2. The molecule has 1 aromatic rings. The molecule has 0 amide bonds. The van der Waals surface area contributed by atoms with Crippen LogP contribution in [0.2, 0.25) is 0 Å². The van der Waals surface area contributed by atoms with Gasteiger partial charge in [-0.25, -0.2) is 0 Å². The molecule has 0 N–H and O–H groups in total. The molecule has 1 aromatic carbocycles. The third-order valence-electron chi connectivity index (χ3n) is 3.49. The van der Waals surface area contributed by atoms with Crippen molar-refractivity contribution in [2.45, 2.75) is 64.7 Å². The molecule has 1 rings (SSSR count). The van der Waals surface area contributed by atoms with Gasteiger partial charge in [0.25, 0.3) is 0 Å². The fourth-order valence-electron chi connectivity index (χ4n) is 2.26. The van der Waals surface area contributed by atoms with Crippen LogP contribution in [-0.2, 0) is 11.2 Å². The van der Waals surface area contributed by atoms with E-state index in [1.807, 2.05) is 0 Å². The summed E-state index contributed by atoms with van der Waals surface area (Å²) < 4.78 is 5.68. The Morgan fingerprint density at radius 2 is 1.37 bits per heavy atom. The third-order valence-corrected chi connectivity index (χ3v) is 3.49. The van der Waals surface area contributed by atoms with Gasteiger partial charge in [-0.05, 0) is 31.2 Å².